The van der Waals surface area contributed by atoms with Crippen molar-refractivity contribution in [3.05, 3.63) is 66.2 Å². The van der Waals surface area contributed by atoms with Gasteiger partial charge in [0, 0.05) is 15.5 Å². The number of anilines is 2. The van der Waals surface area contributed by atoms with Crippen molar-refractivity contribution in [2.45, 2.75) is 26.6 Å². The van der Waals surface area contributed by atoms with Gasteiger partial charge in [-0.1, -0.05) is 67.3 Å². The van der Waals surface area contributed by atoms with Crippen LogP contribution in [-0.4, -0.2) is 8.07 Å². The third kappa shape index (κ3) is 3.08. The Kier molecular flexibility index (Phi) is 4.61. The van der Waals surface area contributed by atoms with Crippen molar-refractivity contribution in [3.8, 4) is 0 Å². The fourth-order valence-corrected chi connectivity index (χ4v) is 6.66. The molecule has 0 saturated heterocycles. The fourth-order valence-electron chi connectivity index (χ4n) is 3.33. The van der Waals surface area contributed by atoms with Gasteiger partial charge in [0.25, 0.3) is 0 Å². The maximum Gasteiger partial charge on any atom is 0.0775 e. The van der Waals surface area contributed by atoms with Gasteiger partial charge >= 0.3 is 0 Å². The molecule has 1 nitrogen and oxygen atoms in total. The highest BCUT2D eigenvalue weighted by Crippen LogP contribution is 2.43. The Balaban J connectivity index is 1.83. The van der Waals surface area contributed by atoms with E-state index in [0.29, 0.717) is 0 Å². The van der Waals surface area contributed by atoms with Crippen LogP contribution >= 0.6 is 34.2 Å². The summed E-state index contributed by atoms with van der Waals surface area (Å²) in [7, 11) is -1.26. The first-order valence-electron chi connectivity index (χ1n) is 8.83. The first-order valence-corrected chi connectivity index (χ1v) is 14.1. The summed E-state index contributed by atoms with van der Waals surface area (Å²) in [6.07, 6.45) is 0. The van der Waals surface area contributed by atoms with Gasteiger partial charge in [-0.2, -0.15) is 0 Å². The van der Waals surface area contributed by atoms with Gasteiger partial charge in [0.1, 0.15) is 0 Å². The second kappa shape index (κ2) is 6.66. The topological polar surface area (TPSA) is 3.24 Å². The minimum absolute atomic E-state index is 1.23. The predicted octanol–water partition coefficient (Wildman–Crippen LogP) is 7.40. The molecule has 0 saturated carbocycles. The average Bonchev–Trinajstić information content (AvgIpc) is 3.01. The highest BCUT2D eigenvalue weighted by molar-refractivity contribution is 14.1. The Morgan fingerprint density at radius 1 is 0.808 bits per heavy atom. The van der Waals surface area contributed by atoms with Gasteiger partial charge in [-0.15, -0.1) is 11.3 Å². The zero-order valence-electron chi connectivity index (χ0n) is 15.5. The van der Waals surface area contributed by atoms with Gasteiger partial charge in [-0.05, 0) is 30.7 Å². The van der Waals surface area contributed by atoms with Crippen molar-refractivity contribution < 1.29 is 0 Å². The summed E-state index contributed by atoms with van der Waals surface area (Å²) in [4.78, 5) is 0. The van der Waals surface area contributed by atoms with Crippen LogP contribution in [0.2, 0.25) is 19.6 Å². The molecule has 0 amide bonds. The minimum Gasteiger partial charge on any atom is -0.282 e. The van der Waals surface area contributed by atoms with E-state index in [0.717, 1.165) is 0 Å². The lowest BCUT2D eigenvalue weighted by molar-refractivity contribution is 1.51. The van der Waals surface area contributed by atoms with E-state index in [1.165, 1.54) is 42.3 Å². The normalized spacial score (nSPS) is 12.0. The monoisotopic (exact) mass is 487 g/mol. The van der Waals surface area contributed by atoms with Crippen LogP contribution in [0.25, 0.3) is 20.2 Å². The van der Waals surface area contributed by atoms with Gasteiger partial charge in [0.15, 0.2) is 0 Å². The number of benzene rings is 3. The zero-order valence-corrected chi connectivity index (χ0v) is 19.5. The number of halogens is 1. The Morgan fingerprint density at radius 3 is 2.08 bits per heavy atom. The van der Waals surface area contributed by atoms with Crippen LogP contribution in [0.5, 0.6) is 0 Å². The Hall–Kier alpha value is -1.37. The molecule has 0 spiro atoms. The molecule has 0 fully saturated rings. The highest BCUT2D eigenvalue weighted by atomic mass is 127. The van der Waals surface area contributed by atoms with Crippen molar-refractivity contribution in [1.82, 2.24) is 0 Å². The molecule has 0 N–H and O–H groups in total. The molecule has 0 radical (unpaired) electrons. The van der Waals surface area contributed by atoms with Gasteiger partial charge in [-0.25, -0.2) is 0 Å². The molecule has 0 unspecified atom stereocenters. The molecule has 26 heavy (non-hydrogen) atoms. The third-order valence-electron chi connectivity index (χ3n) is 4.87. The lowest BCUT2D eigenvalue weighted by Crippen LogP contribution is -2.37. The molecule has 3 aromatic carbocycles. The second-order valence-electron chi connectivity index (χ2n) is 7.79. The van der Waals surface area contributed by atoms with Gasteiger partial charge in [0.05, 0.1) is 47.0 Å². The molecule has 4 rings (SSSR count). The van der Waals surface area contributed by atoms with Crippen molar-refractivity contribution in [2.24, 2.45) is 0 Å². The number of thiophene rings is 1. The van der Waals surface area contributed by atoms with Gasteiger partial charge in [-0.3, -0.25) is 3.11 Å². The number of hydrogen-bond acceptors (Lipinski definition) is 2. The van der Waals surface area contributed by atoms with Crippen LogP contribution < -0.4 is 8.30 Å². The van der Waals surface area contributed by atoms with E-state index in [9.17, 15) is 0 Å². The van der Waals surface area contributed by atoms with Crippen LogP contribution in [0.3, 0.4) is 0 Å². The van der Waals surface area contributed by atoms with Crippen LogP contribution in [0.15, 0.2) is 60.7 Å². The van der Waals surface area contributed by atoms with E-state index in [2.05, 4.69) is 113 Å². The number of rotatable bonds is 3. The van der Waals surface area contributed by atoms with E-state index < -0.39 is 8.07 Å². The number of aryl methyl sites for hydroxylation is 1. The average molecular weight is 487 g/mol. The largest absolute Gasteiger partial charge is 0.282 e. The lowest BCUT2D eigenvalue weighted by atomic mass is 10.1. The summed E-state index contributed by atoms with van der Waals surface area (Å²) in [5.41, 5.74) is 3.85. The molecule has 1 heterocycles. The van der Waals surface area contributed by atoms with E-state index >= 15 is 0 Å². The van der Waals surface area contributed by atoms with E-state index in [1.807, 2.05) is 11.3 Å². The third-order valence-corrected chi connectivity index (χ3v) is 9.39. The van der Waals surface area contributed by atoms with Crippen LogP contribution in [0.4, 0.5) is 11.4 Å². The first kappa shape index (κ1) is 18.0. The molecular weight excluding hydrogens is 465 g/mol. The molecule has 0 bridgehead atoms. The minimum atomic E-state index is -1.26. The SMILES string of the molecule is Cc1cccc2c1sc1c(N(I)c3ccc([Si](C)(C)C)cc3)cccc12. The summed E-state index contributed by atoms with van der Waals surface area (Å²) < 4.78 is 5.05. The number of nitrogens with zero attached hydrogens (tertiary/aromatic N) is 1. The van der Waals surface area contributed by atoms with E-state index in [1.54, 1.807) is 0 Å². The zero-order chi connectivity index (χ0) is 18.5. The van der Waals surface area contributed by atoms with Crippen molar-refractivity contribution in [2.75, 3.05) is 3.11 Å². The molecule has 0 atom stereocenters. The van der Waals surface area contributed by atoms with Gasteiger partial charge in [0.2, 0.25) is 0 Å². The summed E-state index contributed by atoms with van der Waals surface area (Å²) in [6, 6.07) is 22.4. The van der Waals surface area contributed by atoms with Crippen LogP contribution in [0, 0.1) is 6.92 Å². The first-order chi connectivity index (χ1) is 12.4. The highest BCUT2D eigenvalue weighted by Gasteiger charge is 2.18. The molecular formula is C22H22INSSi. The number of hydrogen-bond donors (Lipinski definition) is 0. The Labute approximate surface area is 174 Å². The number of fused-ring (bicyclic) bond motifs is 3. The van der Waals surface area contributed by atoms with Crippen LogP contribution in [0.1, 0.15) is 5.56 Å². The maximum absolute atomic E-state index is 2.44. The standard InChI is InChI=1S/C22H22INSSi/c1-15-7-5-8-18-19-9-6-10-20(22(19)25-21(15)18)24(23)16-11-13-17(14-12-16)26(2,3)4/h5-14H,1-4H3. The summed E-state index contributed by atoms with van der Waals surface area (Å²) in [6.45, 7) is 9.38. The predicted molar refractivity (Wildman–Crippen MR) is 130 cm³/mol. The lowest BCUT2D eigenvalue weighted by Gasteiger charge is -2.21. The van der Waals surface area contributed by atoms with Gasteiger partial charge < -0.3 is 0 Å². The van der Waals surface area contributed by atoms with E-state index in [4.69, 9.17) is 0 Å². The summed E-state index contributed by atoms with van der Waals surface area (Å²) in [5.74, 6) is 0. The Morgan fingerprint density at radius 2 is 1.42 bits per heavy atom. The molecule has 0 aliphatic carbocycles. The fraction of sp³-hybridized carbons (Fsp3) is 0.182. The Bertz CT molecular complexity index is 1090. The molecule has 4 heteroatoms. The van der Waals surface area contributed by atoms with Crippen LogP contribution in [-0.2, 0) is 0 Å². The summed E-state index contributed by atoms with van der Waals surface area (Å²) in [5, 5.41) is 4.22. The molecule has 4 aromatic rings. The molecule has 0 aliphatic rings. The maximum atomic E-state index is 2.44. The molecule has 132 valence electrons. The second-order valence-corrected chi connectivity index (χ2v) is 14.8. The van der Waals surface area contributed by atoms with Crippen molar-refractivity contribution >= 4 is 79.0 Å². The molecule has 1 aromatic heterocycles. The molecule has 0 aliphatic heterocycles. The quantitative estimate of drug-likeness (QED) is 0.165. The van der Waals surface area contributed by atoms with E-state index in [-0.39, 0.29) is 0 Å². The smallest absolute Gasteiger partial charge is 0.0775 e. The van der Waals surface area contributed by atoms with Crippen molar-refractivity contribution in [1.29, 1.82) is 0 Å². The van der Waals surface area contributed by atoms with Crippen molar-refractivity contribution in [3.63, 3.8) is 0 Å². The summed E-state index contributed by atoms with van der Waals surface area (Å²) >= 11 is 4.34.